The van der Waals surface area contributed by atoms with Gasteiger partial charge in [-0.3, -0.25) is 9.59 Å². The molecule has 0 heterocycles. The number of hydrogen-bond donors (Lipinski definition) is 1. The summed E-state index contributed by atoms with van der Waals surface area (Å²) in [6, 6.07) is 0. The Kier molecular flexibility index (Phi) is 68.7. The van der Waals surface area contributed by atoms with E-state index in [9.17, 15) is 14.7 Å². The third-order valence-corrected chi connectivity index (χ3v) is 16.3. The zero-order valence-corrected chi connectivity index (χ0v) is 53.9. The fraction of sp³-hybridized carbons (Fsp3) is 0.840. The van der Waals surface area contributed by atoms with Crippen LogP contribution in [0.3, 0.4) is 0 Å². The second kappa shape index (κ2) is 70.9. The standard InChI is InChI=1S/C75H138O5/c1-3-5-7-9-11-13-15-17-19-21-23-25-27-29-30-31-32-33-34-35-36-37-38-39-40-41-42-43-44-46-48-50-52-54-56-58-60-62-64-66-68-70-75(78)80-73(71-76)72-79-74(77)69-67-65-63-61-59-57-55-53-51-49-47-45-28-26-24-22-20-18-16-14-12-10-8-6-4-2/h5,7,11,13,17,19,22-25,73,76H,3-4,6,8-10,12,14-16,18,20-21,26-72H2,1-2H3/b7-5-,13-11-,19-17-,24-22-,25-23-. The second-order valence-electron chi connectivity index (χ2n) is 24.3. The number of aliphatic hydroxyl groups is 1. The van der Waals surface area contributed by atoms with Gasteiger partial charge in [0.1, 0.15) is 6.61 Å². The molecular weight excluding hydrogens is 981 g/mol. The number of ether oxygens (including phenoxy) is 2. The fourth-order valence-corrected chi connectivity index (χ4v) is 11.0. The van der Waals surface area contributed by atoms with E-state index in [1.165, 1.54) is 295 Å². The van der Waals surface area contributed by atoms with Crippen molar-refractivity contribution >= 4 is 11.9 Å². The number of esters is 2. The van der Waals surface area contributed by atoms with Gasteiger partial charge in [0, 0.05) is 12.8 Å². The number of carbonyl (C=O) groups excluding carboxylic acids is 2. The van der Waals surface area contributed by atoms with E-state index >= 15 is 0 Å². The van der Waals surface area contributed by atoms with Crippen LogP contribution in [0.15, 0.2) is 60.8 Å². The van der Waals surface area contributed by atoms with Crippen molar-refractivity contribution in [2.45, 2.75) is 392 Å². The summed E-state index contributed by atoms with van der Waals surface area (Å²) in [5.74, 6) is -0.568. The molecule has 0 rings (SSSR count). The topological polar surface area (TPSA) is 72.8 Å². The Morgan fingerprint density at radius 2 is 0.537 bits per heavy atom. The van der Waals surface area contributed by atoms with Crippen LogP contribution in [0.5, 0.6) is 0 Å². The van der Waals surface area contributed by atoms with Crippen LogP contribution in [-0.4, -0.2) is 36.4 Å². The minimum atomic E-state index is -0.771. The molecule has 1 N–H and O–H groups in total. The Labute approximate surface area is 500 Å². The summed E-state index contributed by atoms with van der Waals surface area (Å²) < 4.78 is 10.8. The molecule has 80 heavy (non-hydrogen) atoms. The van der Waals surface area contributed by atoms with Gasteiger partial charge >= 0.3 is 11.9 Å². The van der Waals surface area contributed by atoms with E-state index in [0.29, 0.717) is 12.8 Å². The molecule has 0 amide bonds. The molecule has 0 saturated heterocycles. The molecule has 1 atom stereocenters. The lowest BCUT2D eigenvalue weighted by molar-refractivity contribution is -0.161. The smallest absolute Gasteiger partial charge is 0.306 e. The first-order valence-electron chi connectivity index (χ1n) is 35.8. The molecule has 0 fully saturated rings. The Morgan fingerprint density at radius 1 is 0.300 bits per heavy atom. The molecule has 0 spiro atoms. The number of allylic oxidation sites excluding steroid dienone is 10. The average Bonchev–Trinajstić information content (AvgIpc) is 3.46. The first-order valence-corrected chi connectivity index (χ1v) is 35.8. The summed E-state index contributed by atoms with van der Waals surface area (Å²) in [5, 5.41) is 9.70. The molecule has 0 aliphatic rings. The van der Waals surface area contributed by atoms with Crippen molar-refractivity contribution in [1.82, 2.24) is 0 Å². The molecular formula is C75H138O5. The lowest BCUT2D eigenvalue weighted by Gasteiger charge is -2.15. The van der Waals surface area contributed by atoms with Gasteiger partial charge in [0.25, 0.3) is 0 Å². The molecule has 0 bridgehead atoms. The lowest BCUT2D eigenvalue weighted by atomic mass is 10.0. The van der Waals surface area contributed by atoms with Crippen molar-refractivity contribution < 1.29 is 24.2 Å². The SMILES string of the molecule is CC/C=C\C/C=C\C/C=C\C/C=C\CCCCCCCCCCCCCCCCCCCCCCCCCCCCCCC(=O)OC(CO)COC(=O)CCCCCCCCCCCCCCC/C=C\CCCCCCCCCC. The van der Waals surface area contributed by atoms with E-state index < -0.39 is 6.10 Å². The van der Waals surface area contributed by atoms with Crippen LogP contribution in [0.2, 0.25) is 0 Å². The van der Waals surface area contributed by atoms with Gasteiger partial charge in [-0.15, -0.1) is 0 Å². The first-order chi connectivity index (χ1) is 39.6. The summed E-state index contributed by atoms with van der Waals surface area (Å²) in [6.45, 7) is 4.08. The predicted molar refractivity (Wildman–Crippen MR) is 353 cm³/mol. The molecule has 5 heteroatoms. The van der Waals surface area contributed by atoms with Gasteiger partial charge in [-0.05, 0) is 77.0 Å². The maximum atomic E-state index is 12.4. The second-order valence-corrected chi connectivity index (χ2v) is 24.3. The maximum absolute atomic E-state index is 12.4. The van der Waals surface area contributed by atoms with Crippen LogP contribution in [0.25, 0.3) is 0 Å². The molecule has 0 aliphatic carbocycles. The zero-order valence-electron chi connectivity index (χ0n) is 53.9. The molecule has 0 saturated carbocycles. The monoisotopic (exact) mass is 1120 g/mol. The minimum Gasteiger partial charge on any atom is -0.462 e. The third kappa shape index (κ3) is 68.1. The third-order valence-electron chi connectivity index (χ3n) is 16.3. The summed E-state index contributed by atoms with van der Waals surface area (Å²) >= 11 is 0. The molecule has 0 aromatic rings. The van der Waals surface area contributed by atoms with Gasteiger partial charge < -0.3 is 14.6 Å². The Morgan fingerprint density at radius 3 is 0.825 bits per heavy atom. The van der Waals surface area contributed by atoms with Crippen molar-refractivity contribution in [2.75, 3.05) is 13.2 Å². The van der Waals surface area contributed by atoms with Gasteiger partial charge in [0.2, 0.25) is 0 Å². The Bertz CT molecular complexity index is 1360. The van der Waals surface area contributed by atoms with Crippen molar-refractivity contribution in [1.29, 1.82) is 0 Å². The number of carbonyl (C=O) groups is 2. The molecule has 5 nitrogen and oxygen atoms in total. The first kappa shape index (κ1) is 77.6. The van der Waals surface area contributed by atoms with E-state index in [2.05, 4.69) is 74.6 Å². The van der Waals surface area contributed by atoms with Crippen molar-refractivity contribution in [2.24, 2.45) is 0 Å². The number of unbranched alkanes of at least 4 members (excludes halogenated alkanes) is 49. The summed E-state index contributed by atoms with van der Waals surface area (Å²) in [6.07, 6.45) is 97.0. The Balaban J connectivity index is 3.37. The van der Waals surface area contributed by atoms with E-state index in [4.69, 9.17) is 9.47 Å². The van der Waals surface area contributed by atoms with Crippen LogP contribution >= 0.6 is 0 Å². The summed E-state index contributed by atoms with van der Waals surface area (Å²) in [4.78, 5) is 24.6. The molecule has 0 aromatic carbocycles. The van der Waals surface area contributed by atoms with Crippen molar-refractivity contribution in [3.05, 3.63) is 60.8 Å². The lowest BCUT2D eigenvalue weighted by Crippen LogP contribution is -2.28. The van der Waals surface area contributed by atoms with Gasteiger partial charge in [-0.2, -0.15) is 0 Å². The van der Waals surface area contributed by atoms with Crippen LogP contribution in [0.4, 0.5) is 0 Å². The van der Waals surface area contributed by atoms with Gasteiger partial charge in [0.05, 0.1) is 6.61 Å². The number of rotatable bonds is 67. The highest BCUT2D eigenvalue weighted by Crippen LogP contribution is 2.19. The average molecular weight is 1120 g/mol. The highest BCUT2D eigenvalue weighted by molar-refractivity contribution is 5.70. The minimum absolute atomic E-state index is 0.0605. The predicted octanol–water partition coefficient (Wildman–Crippen LogP) is 24.9. The summed E-state index contributed by atoms with van der Waals surface area (Å²) in [7, 11) is 0. The van der Waals surface area contributed by atoms with E-state index in [1.807, 2.05) is 0 Å². The Hall–Kier alpha value is -2.40. The van der Waals surface area contributed by atoms with Crippen LogP contribution in [0, 0.1) is 0 Å². The van der Waals surface area contributed by atoms with Crippen LogP contribution < -0.4 is 0 Å². The number of hydrogen-bond acceptors (Lipinski definition) is 5. The summed E-state index contributed by atoms with van der Waals surface area (Å²) in [5.41, 5.74) is 0. The van der Waals surface area contributed by atoms with Gasteiger partial charge in [-0.1, -0.05) is 357 Å². The molecule has 468 valence electrons. The van der Waals surface area contributed by atoms with Gasteiger partial charge in [-0.25, -0.2) is 0 Å². The van der Waals surface area contributed by atoms with E-state index in [0.717, 1.165) is 64.2 Å². The van der Waals surface area contributed by atoms with Gasteiger partial charge in [0.15, 0.2) is 6.10 Å². The molecule has 1 unspecified atom stereocenters. The zero-order chi connectivity index (χ0) is 57.6. The van der Waals surface area contributed by atoms with Crippen molar-refractivity contribution in [3.63, 3.8) is 0 Å². The maximum Gasteiger partial charge on any atom is 0.306 e. The largest absolute Gasteiger partial charge is 0.462 e. The van der Waals surface area contributed by atoms with Crippen molar-refractivity contribution in [3.8, 4) is 0 Å². The fourth-order valence-electron chi connectivity index (χ4n) is 11.0. The van der Waals surface area contributed by atoms with Crippen LogP contribution in [-0.2, 0) is 19.1 Å². The molecule has 0 aliphatic heterocycles. The van der Waals surface area contributed by atoms with E-state index in [-0.39, 0.29) is 25.2 Å². The quantitative estimate of drug-likeness (QED) is 0.0373. The van der Waals surface area contributed by atoms with E-state index in [1.54, 1.807) is 0 Å². The van der Waals surface area contributed by atoms with Crippen LogP contribution in [0.1, 0.15) is 386 Å². The molecule has 0 radical (unpaired) electrons. The number of aliphatic hydroxyl groups excluding tert-OH is 1. The normalized spacial score (nSPS) is 12.5. The molecule has 0 aromatic heterocycles. The highest BCUT2D eigenvalue weighted by atomic mass is 16.6. The highest BCUT2D eigenvalue weighted by Gasteiger charge is 2.16.